The average molecular weight is 469 g/mol. The van der Waals surface area contributed by atoms with Gasteiger partial charge in [0.2, 0.25) is 0 Å². The van der Waals surface area contributed by atoms with Crippen LogP contribution in [0, 0.1) is 5.92 Å². The Morgan fingerprint density at radius 1 is 1.07 bits per heavy atom. The Kier molecular flexibility index (Phi) is 16.6. The topological polar surface area (TPSA) is 128 Å². The first kappa shape index (κ1) is 29.2. The largest absolute Gasteiger partial charge is 0.481 e. The van der Waals surface area contributed by atoms with E-state index in [4.69, 9.17) is 20.1 Å². The van der Waals surface area contributed by atoms with Crippen molar-refractivity contribution in [2.75, 3.05) is 12.9 Å². The molecule has 0 aromatic rings. The summed E-state index contributed by atoms with van der Waals surface area (Å²) in [5.41, 5.74) is 1.30. The number of aliphatic hydroxyl groups excluding tert-OH is 2. The molecule has 1 heterocycles. The summed E-state index contributed by atoms with van der Waals surface area (Å²) in [6, 6.07) is 0. The van der Waals surface area contributed by atoms with E-state index in [0.717, 1.165) is 26.4 Å². The molecule has 4 unspecified atom stereocenters. The summed E-state index contributed by atoms with van der Waals surface area (Å²) in [5, 5.41) is 32.8. The number of carboxylic acid groups (broad SMARTS) is 2. The van der Waals surface area contributed by atoms with Crippen LogP contribution in [0.3, 0.4) is 0 Å². The molecule has 0 spiro atoms. The molecule has 1 saturated heterocycles. The highest BCUT2D eigenvalue weighted by atomic mass is 79.9. The van der Waals surface area contributed by atoms with Gasteiger partial charge in [-0.2, -0.15) is 0 Å². The molecular weight excluding hydrogens is 432 g/mol. The second-order valence-corrected chi connectivity index (χ2v) is 7.05. The van der Waals surface area contributed by atoms with Gasteiger partial charge in [0.15, 0.2) is 0 Å². The van der Waals surface area contributed by atoms with Gasteiger partial charge in [-0.15, -0.1) is 0 Å². The lowest BCUT2D eigenvalue weighted by Crippen LogP contribution is -2.36. The maximum absolute atomic E-state index is 10.0. The molecule has 0 aromatic carbocycles. The maximum atomic E-state index is 10.0. The minimum Gasteiger partial charge on any atom is -0.481 e. The van der Waals surface area contributed by atoms with Crippen molar-refractivity contribution in [2.24, 2.45) is 5.92 Å². The van der Waals surface area contributed by atoms with Gasteiger partial charge in [-0.05, 0) is 45.9 Å². The average Bonchev–Trinajstić information content (AvgIpc) is 3.33. The third-order valence-corrected chi connectivity index (χ3v) is 4.74. The van der Waals surface area contributed by atoms with Gasteiger partial charge in [0.25, 0.3) is 0 Å². The van der Waals surface area contributed by atoms with Gasteiger partial charge < -0.3 is 25.2 Å². The predicted molar refractivity (Wildman–Crippen MR) is 113 cm³/mol. The Morgan fingerprint density at radius 3 is 1.93 bits per heavy atom. The molecule has 2 fully saturated rings. The van der Waals surface area contributed by atoms with Crippen LogP contribution in [0.25, 0.3) is 0 Å². The first-order valence-electron chi connectivity index (χ1n) is 9.42. The van der Waals surface area contributed by atoms with Crippen molar-refractivity contribution in [3.8, 4) is 0 Å². The summed E-state index contributed by atoms with van der Waals surface area (Å²) in [7, 11) is 1.00. The van der Waals surface area contributed by atoms with Crippen molar-refractivity contribution in [3.05, 3.63) is 11.6 Å². The Labute approximate surface area is 176 Å². The smallest absolute Gasteiger partial charge is 0.303 e. The zero-order valence-electron chi connectivity index (χ0n) is 17.7. The zero-order valence-corrected chi connectivity index (χ0v) is 19.2. The van der Waals surface area contributed by atoms with Crippen LogP contribution in [0.1, 0.15) is 65.7 Å². The third kappa shape index (κ3) is 11.8. The third-order valence-electron chi connectivity index (χ3n) is 4.74. The normalized spacial score (nSPS) is 27.4. The highest BCUT2D eigenvalue weighted by Crippen LogP contribution is 2.50. The Balaban J connectivity index is 0. The quantitative estimate of drug-likeness (QED) is 0.266. The van der Waals surface area contributed by atoms with E-state index >= 15 is 0 Å². The van der Waals surface area contributed by atoms with E-state index in [1.165, 1.54) is 18.4 Å². The van der Waals surface area contributed by atoms with Crippen molar-refractivity contribution < 1.29 is 34.8 Å². The summed E-state index contributed by atoms with van der Waals surface area (Å²) in [6.45, 7) is 6.42. The standard InChI is InChI=1S/C14H24O2.C4H6O4.CH3Br.CH4O/c1-10(2)8-9-13-14(3,16-13)11-6-4-5-7-12(11)15;5-3(6)1-2-4(7)8;2*1-2/h8,11-13,15H,4-7,9H2,1-3H3;1-2H2,(H,5,6)(H,7,8);1H3;2H,1H3. The van der Waals surface area contributed by atoms with E-state index in [1.807, 2.05) is 5.83 Å². The van der Waals surface area contributed by atoms with E-state index in [-0.39, 0.29) is 24.5 Å². The first-order valence-corrected chi connectivity index (χ1v) is 11.0. The molecule has 0 amide bonds. The lowest BCUT2D eigenvalue weighted by molar-refractivity contribution is -0.143. The molecule has 1 aliphatic heterocycles. The minimum atomic E-state index is -1.08. The fourth-order valence-electron chi connectivity index (χ4n) is 3.22. The van der Waals surface area contributed by atoms with Crippen molar-refractivity contribution in [1.82, 2.24) is 0 Å². The Bertz CT molecular complexity index is 463. The summed E-state index contributed by atoms with van der Waals surface area (Å²) in [5.74, 6) is 0.0177. The summed E-state index contributed by atoms with van der Waals surface area (Å²) in [6.07, 6.45) is 7.35. The molecule has 7 nitrogen and oxygen atoms in total. The number of epoxide rings is 1. The molecule has 28 heavy (non-hydrogen) atoms. The molecule has 166 valence electrons. The minimum absolute atomic E-state index is 0.0498. The van der Waals surface area contributed by atoms with E-state index < -0.39 is 11.9 Å². The van der Waals surface area contributed by atoms with E-state index in [9.17, 15) is 14.7 Å². The molecule has 0 radical (unpaired) electrons. The lowest BCUT2D eigenvalue weighted by atomic mass is 9.76. The number of halogens is 1. The van der Waals surface area contributed by atoms with Crippen LogP contribution < -0.4 is 0 Å². The van der Waals surface area contributed by atoms with E-state index in [1.54, 1.807) is 0 Å². The van der Waals surface area contributed by atoms with Crippen LogP contribution in [0.5, 0.6) is 0 Å². The highest BCUT2D eigenvalue weighted by Gasteiger charge is 2.58. The molecule has 8 heteroatoms. The molecule has 4 atom stereocenters. The predicted octanol–water partition coefficient (Wildman–Crippen LogP) is 3.61. The molecule has 0 aromatic heterocycles. The van der Waals surface area contributed by atoms with Gasteiger partial charge in [-0.25, -0.2) is 0 Å². The molecule has 0 bridgehead atoms. The van der Waals surface area contributed by atoms with Crippen LogP contribution in [-0.2, 0) is 14.3 Å². The van der Waals surface area contributed by atoms with Crippen LogP contribution in [0.4, 0.5) is 0 Å². The highest BCUT2D eigenvalue weighted by molar-refractivity contribution is 9.08. The maximum Gasteiger partial charge on any atom is 0.303 e. The Hall–Kier alpha value is -0.960. The van der Waals surface area contributed by atoms with E-state index in [2.05, 4.69) is 42.8 Å². The molecule has 1 saturated carbocycles. The number of ether oxygens (including phenoxy) is 1. The zero-order chi connectivity index (χ0) is 22.3. The van der Waals surface area contributed by atoms with Crippen LogP contribution in [0.2, 0.25) is 0 Å². The summed E-state index contributed by atoms with van der Waals surface area (Å²) < 4.78 is 5.86. The SMILES string of the molecule is CBr.CC(C)=CCC1OC1(C)C1CCCCC1O.CO.O=C(O)CCC(=O)O. The fraction of sp³-hybridized carbons (Fsp3) is 0.800. The lowest BCUT2D eigenvalue weighted by Gasteiger charge is -2.31. The van der Waals surface area contributed by atoms with Gasteiger partial charge in [-0.1, -0.05) is 40.4 Å². The second-order valence-electron chi connectivity index (χ2n) is 7.05. The molecule has 2 aliphatic rings. The molecule has 4 N–H and O–H groups in total. The molecule has 2 rings (SSSR count). The van der Waals surface area contributed by atoms with Gasteiger partial charge in [-0.3, -0.25) is 9.59 Å². The van der Waals surface area contributed by atoms with Crippen LogP contribution in [-0.4, -0.2) is 63.1 Å². The van der Waals surface area contributed by atoms with Crippen molar-refractivity contribution in [1.29, 1.82) is 0 Å². The van der Waals surface area contributed by atoms with Gasteiger partial charge in [0.05, 0.1) is 30.7 Å². The number of aliphatic carboxylic acids is 2. The molecular formula is C20H37BrO7. The Morgan fingerprint density at radius 2 is 1.54 bits per heavy atom. The van der Waals surface area contributed by atoms with Crippen LogP contribution >= 0.6 is 15.9 Å². The number of carboxylic acids is 2. The number of rotatable bonds is 6. The number of hydrogen-bond donors (Lipinski definition) is 4. The number of alkyl halides is 1. The number of aliphatic hydroxyl groups is 2. The fourth-order valence-corrected chi connectivity index (χ4v) is 3.22. The van der Waals surface area contributed by atoms with Gasteiger partial charge in [0.1, 0.15) is 0 Å². The summed E-state index contributed by atoms with van der Waals surface area (Å²) >= 11 is 2.94. The summed E-state index contributed by atoms with van der Waals surface area (Å²) in [4.78, 5) is 19.3. The van der Waals surface area contributed by atoms with Crippen LogP contribution in [0.15, 0.2) is 11.6 Å². The monoisotopic (exact) mass is 468 g/mol. The number of hydrogen-bond acceptors (Lipinski definition) is 5. The first-order chi connectivity index (χ1) is 13.2. The number of allylic oxidation sites excluding steroid dienone is 1. The van der Waals surface area contributed by atoms with Crippen molar-refractivity contribution in [2.45, 2.75) is 83.5 Å². The van der Waals surface area contributed by atoms with Crippen molar-refractivity contribution in [3.63, 3.8) is 0 Å². The molecule has 1 aliphatic carbocycles. The van der Waals surface area contributed by atoms with Crippen molar-refractivity contribution >= 4 is 27.9 Å². The van der Waals surface area contributed by atoms with Gasteiger partial charge in [0, 0.05) is 13.0 Å². The second kappa shape index (κ2) is 15.9. The number of carbonyl (C=O) groups is 2. The van der Waals surface area contributed by atoms with E-state index in [0.29, 0.717) is 12.0 Å². The van der Waals surface area contributed by atoms with Gasteiger partial charge >= 0.3 is 11.9 Å².